The lowest BCUT2D eigenvalue weighted by Gasteiger charge is -2.22. The summed E-state index contributed by atoms with van der Waals surface area (Å²) in [7, 11) is 0. The zero-order valence-corrected chi connectivity index (χ0v) is 21.5. The van der Waals surface area contributed by atoms with Crippen LogP contribution in [-0.4, -0.2) is 36.1 Å². The van der Waals surface area contributed by atoms with Crippen molar-refractivity contribution in [2.24, 2.45) is 0 Å². The molecule has 0 amide bonds. The molecule has 0 aliphatic heterocycles. The van der Waals surface area contributed by atoms with Gasteiger partial charge in [0.25, 0.3) is 0 Å². The monoisotopic (exact) mass is 500 g/mol. The number of aromatic nitrogens is 4. The van der Waals surface area contributed by atoms with Gasteiger partial charge in [0.1, 0.15) is 11.6 Å². The predicted molar refractivity (Wildman–Crippen MR) is 140 cm³/mol. The van der Waals surface area contributed by atoms with Crippen molar-refractivity contribution in [3.05, 3.63) is 102 Å². The van der Waals surface area contributed by atoms with Gasteiger partial charge >= 0.3 is 11.9 Å². The zero-order chi connectivity index (χ0) is 26.5. The molecule has 8 nitrogen and oxygen atoms in total. The second kappa shape index (κ2) is 11.2. The molecule has 0 aliphatic carbocycles. The van der Waals surface area contributed by atoms with Crippen molar-refractivity contribution in [3.63, 3.8) is 0 Å². The summed E-state index contributed by atoms with van der Waals surface area (Å²) in [6, 6.07) is 16.1. The van der Waals surface area contributed by atoms with Gasteiger partial charge in [0.05, 0.1) is 36.9 Å². The van der Waals surface area contributed by atoms with Crippen molar-refractivity contribution >= 4 is 11.9 Å². The molecule has 2 aromatic carbocycles. The third kappa shape index (κ3) is 5.97. The van der Waals surface area contributed by atoms with E-state index in [4.69, 9.17) is 4.74 Å². The van der Waals surface area contributed by atoms with Gasteiger partial charge in [-0.25, -0.2) is 9.97 Å². The van der Waals surface area contributed by atoms with Crippen molar-refractivity contribution < 1.29 is 19.4 Å². The van der Waals surface area contributed by atoms with Crippen LogP contribution < -0.4 is 4.74 Å². The molecule has 8 heteroatoms. The van der Waals surface area contributed by atoms with Gasteiger partial charge in [0.2, 0.25) is 0 Å². The van der Waals surface area contributed by atoms with Gasteiger partial charge in [-0.05, 0) is 37.1 Å². The van der Waals surface area contributed by atoms with Gasteiger partial charge < -0.3 is 19.0 Å². The maximum atomic E-state index is 13.2. The number of aryl methyl sites for hydroxylation is 1. The lowest BCUT2D eigenvalue weighted by molar-refractivity contribution is -0.138. The average molecular weight is 501 g/mol. The van der Waals surface area contributed by atoms with E-state index in [9.17, 15) is 14.7 Å². The fourth-order valence-corrected chi connectivity index (χ4v) is 4.58. The number of esters is 1. The van der Waals surface area contributed by atoms with Crippen molar-refractivity contribution in [1.29, 1.82) is 0 Å². The molecule has 4 aromatic rings. The molecule has 2 heterocycles. The maximum Gasteiger partial charge on any atom is 0.313 e. The number of carbonyl (C=O) groups is 2. The normalized spacial score (nSPS) is 12.9. The Labute approximate surface area is 216 Å². The quantitative estimate of drug-likeness (QED) is 0.229. The largest absolute Gasteiger partial charge is 0.481 e. The molecule has 2 atom stereocenters. The van der Waals surface area contributed by atoms with E-state index in [1.54, 1.807) is 30.7 Å². The second-order valence-corrected chi connectivity index (χ2v) is 9.46. The Morgan fingerprint density at radius 1 is 0.919 bits per heavy atom. The number of imidazole rings is 2. The fraction of sp³-hybridized carbons (Fsp3) is 0.310. The van der Waals surface area contributed by atoms with Crippen LogP contribution in [0.5, 0.6) is 5.75 Å². The van der Waals surface area contributed by atoms with Crippen LogP contribution >= 0.6 is 0 Å². The van der Waals surface area contributed by atoms with Crippen LogP contribution in [0.2, 0.25) is 0 Å². The van der Waals surface area contributed by atoms with Crippen LogP contribution in [0.3, 0.4) is 0 Å². The van der Waals surface area contributed by atoms with E-state index in [1.807, 2.05) is 65.6 Å². The minimum Gasteiger partial charge on any atom is -0.481 e. The summed E-state index contributed by atoms with van der Waals surface area (Å²) in [6.07, 6.45) is 5.29. The highest BCUT2D eigenvalue weighted by molar-refractivity contribution is 5.73. The van der Waals surface area contributed by atoms with E-state index in [-0.39, 0.29) is 30.8 Å². The highest BCUT2D eigenvalue weighted by atomic mass is 16.5. The third-order valence-corrected chi connectivity index (χ3v) is 6.56. The van der Waals surface area contributed by atoms with E-state index in [0.717, 1.165) is 28.3 Å². The van der Waals surface area contributed by atoms with E-state index in [1.165, 1.54) is 0 Å². The number of carboxylic acids is 1. The number of hydrogen-bond acceptors (Lipinski definition) is 5. The molecule has 4 rings (SSSR count). The molecular weight excluding hydrogens is 468 g/mol. The first kappa shape index (κ1) is 25.9. The number of benzene rings is 2. The van der Waals surface area contributed by atoms with E-state index in [2.05, 4.69) is 23.8 Å². The number of nitrogens with zero attached hydrogens (tertiary/aromatic N) is 4. The average Bonchev–Trinajstić information content (AvgIpc) is 3.49. The number of ether oxygens (including phenoxy) is 1. The van der Waals surface area contributed by atoms with Gasteiger partial charge in [-0.2, -0.15) is 0 Å². The van der Waals surface area contributed by atoms with Crippen molar-refractivity contribution in [2.45, 2.75) is 58.5 Å². The van der Waals surface area contributed by atoms with Crippen LogP contribution in [0, 0.1) is 13.8 Å². The standard InChI is InChI=1S/C29H32N4O4/c1-19(2)29-30-13-14-32(29)26(22-9-6-5-7-10-22)17-28(36)37-24-12-8-11-23(15-24)25(16-27(34)35)33-18-31-20(3)21(33)4/h5-15,18-19,25-26H,16-17H2,1-4H3,(H,34,35). The molecule has 2 unspecified atom stereocenters. The Balaban J connectivity index is 1.59. The summed E-state index contributed by atoms with van der Waals surface area (Å²) in [5.74, 6) is 0.138. The van der Waals surface area contributed by atoms with Gasteiger partial charge in [0, 0.05) is 24.0 Å². The fourth-order valence-electron chi connectivity index (χ4n) is 4.58. The molecule has 0 fully saturated rings. The summed E-state index contributed by atoms with van der Waals surface area (Å²) < 4.78 is 9.67. The van der Waals surface area contributed by atoms with Crippen molar-refractivity contribution in [2.75, 3.05) is 0 Å². The minimum absolute atomic E-state index is 0.114. The van der Waals surface area contributed by atoms with Crippen molar-refractivity contribution in [1.82, 2.24) is 19.1 Å². The van der Waals surface area contributed by atoms with Gasteiger partial charge in [0.15, 0.2) is 0 Å². The smallest absolute Gasteiger partial charge is 0.313 e. The number of hydrogen-bond donors (Lipinski definition) is 1. The van der Waals surface area contributed by atoms with Crippen LogP contribution in [0.1, 0.15) is 73.0 Å². The molecule has 0 bridgehead atoms. The Morgan fingerprint density at radius 3 is 2.27 bits per heavy atom. The molecule has 2 aromatic heterocycles. The van der Waals surface area contributed by atoms with Gasteiger partial charge in [-0.3, -0.25) is 9.59 Å². The Hall–Kier alpha value is -4.20. The number of carbonyl (C=O) groups excluding carboxylic acids is 1. The van der Waals surface area contributed by atoms with E-state index < -0.39 is 12.0 Å². The Morgan fingerprint density at radius 2 is 1.62 bits per heavy atom. The highest BCUT2D eigenvalue weighted by Crippen LogP contribution is 2.30. The van der Waals surface area contributed by atoms with Crippen molar-refractivity contribution in [3.8, 4) is 5.75 Å². The molecule has 0 spiro atoms. The van der Waals surface area contributed by atoms with Gasteiger partial charge in [-0.1, -0.05) is 56.3 Å². The summed E-state index contributed by atoms with van der Waals surface area (Å²) >= 11 is 0. The minimum atomic E-state index is -0.926. The van der Waals surface area contributed by atoms with E-state index in [0.29, 0.717) is 5.75 Å². The summed E-state index contributed by atoms with van der Waals surface area (Å²) in [4.78, 5) is 33.7. The maximum absolute atomic E-state index is 13.2. The van der Waals surface area contributed by atoms with Crippen LogP contribution in [0.25, 0.3) is 0 Å². The first-order valence-corrected chi connectivity index (χ1v) is 12.3. The third-order valence-electron chi connectivity index (χ3n) is 6.56. The molecule has 1 N–H and O–H groups in total. The van der Waals surface area contributed by atoms with Crippen LogP contribution in [0.15, 0.2) is 73.3 Å². The lowest BCUT2D eigenvalue weighted by atomic mass is 10.0. The molecule has 37 heavy (non-hydrogen) atoms. The predicted octanol–water partition coefficient (Wildman–Crippen LogP) is 5.47. The van der Waals surface area contributed by atoms with E-state index >= 15 is 0 Å². The number of rotatable bonds is 10. The topological polar surface area (TPSA) is 99.2 Å². The zero-order valence-electron chi connectivity index (χ0n) is 21.5. The molecule has 0 radical (unpaired) electrons. The SMILES string of the molecule is Cc1ncn(C(CC(=O)O)c2cccc(OC(=O)CC(c3ccccc3)n3ccnc3C(C)C)c2)c1C. The van der Waals surface area contributed by atoms with Crippen LogP contribution in [0.4, 0.5) is 0 Å². The van der Waals surface area contributed by atoms with Gasteiger partial charge in [-0.15, -0.1) is 0 Å². The van der Waals surface area contributed by atoms with Crippen LogP contribution in [-0.2, 0) is 9.59 Å². The first-order chi connectivity index (χ1) is 17.7. The second-order valence-electron chi connectivity index (χ2n) is 9.46. The molecular formula is C29H32N4O4. The molecule has 0 saturated heterocycles. The number of carboxylic acid groups (broad SMARTS) is 1. The Kier molecular flexibility index (Phi) is 7.86. The first-order valence-electron chi connectivity index (χ1n) is 12.3. The summed E-state index contributed by atoms with van der Waals surface area (Å²) in [6.45, 7) is 7.94. The summed E-state index contributed by atoms with van der Waals surface area (Å²) in [5, 5.41) is 9.55. The highest BCUT2D eigenvalue weighted by Gasteiger charge is 2.24. The number of aliphatic carboxylic acids is 1. The molecule has 0 saturated carbocycles. The Bertz CT molecular complexity index is 1370. The molecule has 192 valence electrons. The lowest BCUT2D eigenvalue weighted by Crippen LogP contribution is -2.21. The molecule has 0 aliphatic rings. The summed E-state index contributed by atoms with van der Waals surface area (Å²) in [5.41, 5.74) is 3.44.